The molecule has 3 saturated heterocycles. The van der Waals surface area contributed by atoms with Gasteiger partial charge in [-0.3, -0.25) is 0 Å². The summed E-state index contributed by atoms with van der Waals surface area (Å²) >= 11 is 1.87. The van der Waals surface area contributed by atoms with Crippen molar-refractivity contribution >= 4 is 17.2 Å². The number of pyridine rings is 1. The minimum Gasteiger partial charge on any atom is -0.384 e. The van der Waals surface area contributed by atoms with Gasteiger partial charge in [0, 0.05) is 55.4 Å². The maximum atomic E-state index is 6.51. The molecule has 0 bridgehead atoms. The number of fused-ring (bicyclic) bond motifs is 3. The zero-order valence-electron chi connectivity index (χ0n) is 17.4. The summed E-state index contributed by atoms with van der Waals surface area (Å²) in [6, 6.07) is 8.21. The Morgan fingerprint density at radius 2 is 2.20 bits per heavy atom. The van der Waals surface area contributed by atoms with Gasteiger partial charge in [-0.15, -0.1) is 11.3 Å². The molecule has 3 fully saturated rings. The van der Waals surface area contributed by atoms with Crippen molar-refractivity contribution in [3.8, 4) is 10.6 Å². The minimum atomic E-state index is -0.129. The summed E-state index contributed by atoms with van der Waals surface area (Å²) in [5.74, 6) is 1.25. The summed E-state index contributed by atoms with van der Waals surface area (Å²) in [6.45, 7) is 8.20. The number of aromatic nitrogens is 1. The molecule has 0 radical (unpaired) electrons. The van der Waals surface area contributed by atoms with E-state index in [1.54, 1.807) is 0 Å². The van der Waals surface area contributed by atoms with E-state index in [9.17, 15) is 0 Å². The van der Waals surface area contributed by atoms with Crippen LogP contribution in [-0.4, -0.2) is 62.4 Å². The molecule has 4 aliphatic rings. The highest BCUT2D eigenvalue weighted by Gasteiger charge is 2.50. The average molecular weight is 427 g/mol. The Kier molecular flexibility index (Phi) is 4.66. The summed E-state index contributed by atoms with van der Waals surface area (Å²) in [5, 5.41) is 3.60. The lowest BCUT2D eigenvalue weighted by Crippen LogP contribution is -2.50. The minimum absolute atomic E-state index is 0.129. The Morgan fingerprint density at radius 1 is 1.30 bits per heavy atom. The number of rotatable bonds is 3. The van der Waals surface area contributed by atoms with E-state index in [1.165, 1.54) is 15.3 Å². The second-order valence-corrected chi connectivity index (χ2v) is 10.6. The molecular weight excluding hydrogens is 396 g/mol. The van der Waals surface area contributed by atoms with Gasteiger partial charge in [0.1, 0.15) is 5.82 Å². The summed E-state index contributed by atoms with van der Waals surface area (Å²) in [5.41, 5.74) is 8.49. The number of nitrogens with zero attached hydrogens (tertiary/aromatic N) is 2. The quantitative estimate of drug-likeness (QED) is 0.786. The SMILES string of the molecule is Nc1cccc(-c2cc3c(s2)CCOC32CCN(C[C@]34CNC[C@H]3COC4)CC2)n1. The molecule has 0 unspecified atom stereocenters. The third-order valence-electron chi connectivity index (χ3n) is 7.68. The molecule has 0 amide bonds. The van der Waals surface area contributed by atoms with Crippen molar-refractivity contribution in [1.82, 2.24) is 15.2 Å². The molecule has 0 aliphatic carbocycles. The summed E-state index contributed by atoms with van der Waals surface area (Å²) in [7, 11) is 0. The molecule has 3 N–H and O–H groups in total. The molecule has 2 aromatic rings. The van der Waals surface area contributed by atoms with Gasteiger partial charge >= 0.3 is 0 Å². The summed E-state index contributed by atoms with van der Waals surface area (Å²) in [4.78, 5) is 9.88. The van der Waals surface area contributed by atoms with Crippen molar-refractivity contribution in [2.75, 3.05) is 58.3 Å². The van der Waals surface area contributed by atoms with Crippen LogP contribution in [0.3, 0.4) is 0 Å². The van der Waals surface area contributed by atoms with Crippen molar-refractivity contribution in [2.24, 2.45) is 11.3 Å². The van der Waals surface area contributed by atoms with Crippen LogP contribution in [0.5, 0.6) is 0 Å². The zero-order chi connectivity index (χ0) is 20.2. The van der Waals surface area contributed by atoms with Crippen LogP contribution in [0.25, 0.3) is 10.6 Å². The van der Waals surface area contributed by atoms with Crippen LogP contribution < -0.4 is 11.1 Å². The fourth-order valence-corrected chi connectivity index (χ4v) is 7.16. The van der Waals surface area contributed by atoms with E-state index in [0.29, 0.717) is 17.2 Å². The van der Waals surface area contributed by atoms with Crippen molar-refractivity contribution in [1.29, 1.82) is 0 Å². The lowest BCUT2D eigenvalue weighted by molar-refractivity contribution is -0.101. The molecule has 6 heterocycles. The Bertz CT molecular complexity index is 927. The Hall–Kier alpha value is -1.51. The van der Waals surface area contributed by atoms with Gasteiger partial charge in [-0.1, -0.05) is 6.07 Å². The molecular formula is C23H30N4O2S. The normalized spacial score (nSPS) is 30.5. The molecule has 0 aromatic carbocycles. The smallest absolute Gasteiger partial charge is 0.124 e. The first kappa shape index (κ1) is 19.2. The molecule has 6 nitrogen and oxygen atoms in total. The van der Waals surface area contributed by atoms with Gasteiger partial charge in [0.15, 0.2) is 0 Å². The number of nitrogens with two attached hydrogens (primary N) is 1. The molecule has 7 heteroatoms. The van der Waals surface area contributed by atoms with E-state index in [4.69, 9.17) is 15.2 Å². The van der Waals surface area contributed by atoms with Crippen molar-refractivity contribution in [2.45, 2.75) is 24.9 Å². The van der Waals surface area contributed by atoms with E-state index < -0.39 is 0 Å². The number of nitrogens with one attached hydrogen (secondary N) is 1. The molecule has 30 heavy (non-hydrogen) atoms. The van der Waals surface area contributed by atoms with E-state index in [0.717, 1.165) is 77.5 Å². The van der Waals surface area contributed by atoms with Gasteiger partial charge < -0.3 is 25.4 Å². The van der Waals surface area contributed by atoms with Crippen LogP contribution in [0, 0.1) is 11.3 Å². The molecule has 1 spiro atoms. The third-order valence-corrected chi connectivity index (χ3v) is 8.89. The average Bonchev–Trinajstić information content (AvgIpc) is 3.44. The number of anilines is 1. The predicted molar refractivity (Wildman–Crippen MR) is 119 cm³/mol. The third kappa shape index (κ3) is 3.10. The molecule has 4 aliphatic heterocycles. The largest absolute Gasteiger partial charge is 0.384 e. The van der Waals surface area contributed by atoms with Crippen LogP contribution in [0.2, 0.25) is 0 Å². The molecule has 0 saturated carbocycles. The van der Waals surface area contributed by atoms with E-state index in [2.05, 4.69) is 27.3 Å². The number of thiophene rings is 1. The number of nitrogen functional groups attached to an aromatic ring is 1. The van der Waals surface area contributed by atoms with Crippen LogP contribution >= 0.6 is 11.3 Å². The Labute approximate surface area is 181 Å². The van der Waals surface area contributed by atoms with E-state index in [-0.39, 0.29) is 5.60 Å². The summed E-state index contributed by atoms with van der Waals surface area (Å²) in [6.07, 6.45) is 3.13. The molecule has 6 rings (SSSR count). The maximum absolute atomic E-state index is 6.51. The topological polar surface area (TPSA) is 72.6 Å². The van der Waals surface area contributed by atoms with Gasteiger partial charge in [-0.25, -0.2) is 4.98 Å². The lowest BCUT2D eigenvalue weighted by atomic mass is 9.78. The monoisotopic (exact) mass is 426 g/mol. The fourth-order valence-electron chi connectivity index (χ4n) is 5.96. The standard InChI is InChI=1S/C23H30N4O2S/c24-21-3-1-2-18(26-21)20-10-17-19(30-20)4-9-29-23(17)5-7-27(8-6-23)14-22-13-25-11-16(22)12-28-15-22/h1-3,10,16,25H,4-9,11-15H2,(H2,24,26)/t16-,22-/m0/s1. The Balaban J connectivity index is 1.21. The van der Waals surface area contributed by atoms with Gasteiger partial charge in [0.25, 0.3) is 0 Å². The highest BCUT2D eigenvalue weighted by Crippen LogP contribution is 2.47. The number of hydrogen-bond acceptors (Lipinski definition) is 7. The first-order valence-electron chi connectivity index (χ1n) is 11.2. The lowest BCUT2D eigenvalue weighted by Gasteiger charge is -2.45. The van der Waals surface area contributed by atoms with Crippen molar-refractivity contribution in [3.05, 3.63) is 34.7 Å². The second kappa shape index (κ2) is 7.28. The van der Waals surface area contributed by atoms with Crippen LogP contribution in [0.1, 0.15) is 23.3 Å². The van der Waals surface area contributed by atoms with Crippen LogP contribution in [0.15, 0.2) is 24.3 Å². The number of piperidine rings is 1. The molecule has 2 atom stereocenters. The number of likely N-dealkylation sites (tertiary alicyclic amines) is 1. The first-order valence-corrected chi connectivity index (χ1v) is 12.0. The van der Waals surface area contributed by atoms with E-state index >= 15 is 0 Å². The van der Waals surface area contributed by atoms with Gasteiger partial charge in [-0.2, -0.15) is 0 Å². The fraction of sp³-hybridized carbons (Fsp3) is 0.609. The molecule has 2 aromatic heterocycles. The van der Waals surface area contributed by atoms with Crippen LogP contribution in [0.4, 0.5) is 5.82 Å². The predicted octanol–water partition coefficient (Wildman–Crippen LogP) is 2.49. The van der Waals surface area contributed by atoms with Crippen LogP contribution in [-0.2, 0) is 21.5 Å². The zero-order valence-corrected chi connectivity index (χ0v) is 18.2. The Morgan fingerprint density at radius 3 is 3.07 bits per heavy atom. The highest BCUT2D eigenvalue weighted by molar-refractivity contribution is 7.15. The van der Waals surface area contributed by atoms with Gasteiger partial charge in [0.2, 0.25) is 0 Å². The number of hydrogen-bond donors (Lipinski definition) is 2. The van der Waals surface area contributed by atoms with E-state index in [1.807, 2.05) is 23.5 Å². The number of ether oxygens (including phenoxy) is 2. The highest BCUT2D eigenvalue weighted by atomic mass is 32.1. The van der Waals surface area contributed by atoms with Gasteiger partial charge in [0.05, 0.1) is 36.0 Å². The molecule has 160 valence electrons. The van der Waals surface area contributed by atoms with Gasteiger partial charge in [-0.05, 0) is 36.6 Å². The maximum Gasteiger partial charge on any atom is 0.124 e. The first-order chi connectivity index (χ1) is 14.7. The summed E-state index contributed by atoms with van der Waals surface area (Å²) < 4.78 is 12.4. The van der Waals surface area contributed by atoms with Crippen molar-refractivity contribution in [3.63, 3.8) is 0 Å². The second-order valence-electron chi connectivity index (χ2n) is 9.47. The van der Waals surface area contributed by atoms with Crippen molar-refractivity contribution < 1.29 is 9.47 Å².